The second kappa shape index (κ2) is 10.1. The number of ether oxygens (including phenoxy) is 1. The summed E-state index contributed by atoms with van der Waals surface area (Å²) in [6.07, 6.45) is 6.06. The van der Waals surface area contributed by atoms with Gasteiger partial charge in [-0.1, -0.05) is 41.9 Å². The second-order valence-electron chi connectivity index (χ2n) is 7.93. The first-order chi connectivity index (χ1) is 16.8. The van der Waals surface area contributed by atoms with Crippen LogP contribution in [-0.4, -0.2) is 37.7 Å². The number of hydrogen-bond acceptors (Lipinski definition) is 8. The fourth-order valence-corrected chi connectivity index (χ4v) is 4.23. The molecule has 0 bridgehead atoms. The van der Waals surface area contributed by atoms with Crippen LogP contribution in [0.5, 0.6) is 5.75 Å². The van der Waals surface area contributed by atoms with Gasteiger partial charge < -0.3 is 14.6 Å². The Kier molecular flexibility index (Phi) is 6.92. The number of benzene rings is 1. The smallest absolute Gasteiger partial charge is 0.296 e. The van der Waals surface area contributed by atoms with Crippen LogP contribution in [0.4, 0.5) is 5.69 Å². The highest BCUT2D eigenvalue weighted by Gasteiger charge is 2.31. The number of carbonyl (C=O) groups excluding carboxylic acids is 1. The Morgan fingerprint density at radius 1 is 1.20 bits per heavy atom. The first-order valence-corrected chi connectivity index (χ1v) is 11.1. The van der Waals surface area contributed by atoms with E-state index in [1.807, 2.05) is 25.1 Å². The Morgan fingerprint density at radius 3 is 2.54 bits per heavy atom. The Hall–Kier alpha value is -4.05. The van der Waals surface area contributed by atoms with E-state index < -0.39 is 17.4 Å². The zero-order chi connectivity index (χ0) is 25.1. The van der Waals surface area contributed by atoms with E-state index in [1.165, 1.54) is 24.1 Å². The van der Waals surface area contributed by atoms with Crippen molar-refractivity contribution in [1.82, 2.24) is 24.7 Å². The number of amides is 1. The molecule has 0 spiro atoms. The summed E-state index contributed by atoms with van der Waals surface area (Å²) in [6, 6.07) is 7.43. The standard InChI is InChI=1S/C24H23ClN6O4/c1-13(19(15-9-26-14(2)27-10-15)17-7-5-6-8-18(17)25)22-30-20(21(34-4)24(33)31(22)3)23(32)29-16-11-28-35-12-16/h5-13,19H,1-4H3,(H,29,32). The maximum Gasteiger partial charge on any atom is 0.296 e. The van der Waals surface area contributed by atoms with Gasteiger partial charge in [-0.25, -0.2) is 15.0 Å². The normalized spacial score (nSPS) is 12.7. The molecule has 4 aromatic rings. The molecule has 3 aromatic heterocycles. The predicted molar refractivity (Wildman–Crippen MR) is 129 cm³/mol. The molecule has 1 amide bonds. The van der Waals surface area contributed by atoms with Gasteiger partial charge in [0.15, 0.2) is 5.69 Å². The first kappa shape index (κ1) is 24.1. The van der Waals surface area contributed by atoms with Gasteiger partial charge in [0.05, 0.1) is 13.3 Å². The van der Waals surface area contributed by atoms with Gasteiger partial charge in [0, 0.05) is 36.3 Å². The van der Waals surface area contributed by atoms with Gasteiger partial charge in [0.1, 0.15) is 23.6 Å². The summed E-state index contributed by atoms with van der Waals surface area (Å²) < 4.78 is 11.4. The molecule has 2 unspecified atom stereocenters. The lowest BCUT2D eigenvalue weighted by molar-refractivity contribution is 0.101. The van der Waals surface area contributed by atoms with Crippen molar-refractivity contribution in [1.29, 1.82) is 0 Å². The molecule has 180 valence electrons. The highest BCUT2D eigenvalue weighted by Crippen LogP contribution is 2.40. The lowest BCUT2D eigenvalue weighted by atomic mass is 9.82. The zero-order valence-electron chi connectivity index (χ0n) is 19.5. The highest BCUT2D eigenvalue weighted by molar-refractivity contribution is 6.31. The SMILES string of the molecule is COc1c(C(=O)Nc2cnoc2)nc(C(C)C(c2cnc(C)nc2)c2ccccc2Cl)n(C)c1=O. The predicted octanol–water partition coefficient (Wildman–Crippen LogP) is 3.72. The van der Waals surface area contributed by atoms with Gasteiger partial charge in [-0.15, -0.1) is 0 Å². The molecule has 0 aliphatic rings. The van der Waals surface area contributed by atoms with Crippen LogP contribution in [0.3, 0.4) is 0 Å². The maximum atomic E-state index is 13.2. The van der Waals surface area contributed by atoms with Crippen molar-refractivity contribution in [3.63, 3.8) is 0 Å². The van der Waals surface area contributed by atoms with Crippen LogP contribution in [0, 0.1) is 6.92 Å². The fraction of sp³-hybridized carbons (Fsp3) is 0.250. The van der Waals surface area contributed by atoms with Gasteiger partial charge in [-0.3, -0.25) is 14.2 Å². The molecule has 0 saturated heterocycles. The Balaban J connectivity index is 1.86. The van der Waals surface area contributed by atoms with Crippen molar-refractivity contribution in [2.75, 3.05) is 12.4 Å². The van der Waals surface area contributed by atoms with E-state index >= 15 is 0 Å². The van der Waals surface area contributed by atoms with Crippen LogP contribution in [-0.2, 0) is 7.05 Å². The minimum atomic E-state index is -0.635. The molecule has 2 atom stereocenters. The summed E-state index contributed by atoms with van der Waals surface area (Å²) in [7, 11) is 2.90. The minimum absolute atomic E-state index is 0.156. The van der Waals surface area contributed by atoms with E-state index in [4.69, 9.17) is 20.9 Å². The number of nitrogens with one attached hydrogen (secondary N) is 1. The summed E-state index contributed by atoms with van der Waals surface area (Å²) in [5.41, 5.74) is 1.26. The molecule has 0 saturated carbocycles. The van der Waals surface area contributed by atoms with Crippen LogP contribution in [0.25, 0.3) is 0 Å². The highest BCUT2D eigenvalue weighted by atomic mass is 35.5. The van der Waals surface area contributed by atoms with E-state index in [1.54, 1.807) is 32.4 Å². The van der Waals surface area contributed by atoms with Gasteiger partial charge in [-0.2, -0.15) is 0 Å². The second-order valence-corrected chi connectivity index (χ2v) is 8.34. The van der Waals surface area contributed by atoms with Crippen molar-refractivity contribution < 1.29 is 14.1 Å². The fourth-order valence-electron chi connectivity index (χ4n) is 3.98. The van der Waals surface area contributed by atoms with E-state index in [9.17, 15) is 9.59 Å². The number of carbonyl (C=O) groups is 1. The van der Waals surface area contributed by atoms with E-state index in [0.29, 0.717) is 22.4 Å². The molecule has 35 heavy (non-hydrogen) atoms. The van der Waals surface area contributed by atoms with Crippen molar-refractivity contribution >= 4 is 23.2 Å². The lowest BCUT2D eigenvalue weighted by Gasteiger charge is -2.27. The molecule has 10 nitrogen and oxygen atoms in total. The quantitative estimate of drug-likeness (QED) is 0.412. The van der Waals surface area contributed by atoms with Gasteiger partial charge in [0.2, 0.25) is 5.75 Å². The average Bonchev–Trinajstić information content (AvgIpc) is 3.36. The molecule has 4 rings (SSSR count). The number of rotatable bonds is 7. The third-order valence-electron chi connectivity index (χ3n) is 5.70. The summed E-state index contributed by atoms with van der Waals surface area (Å²) >= 11 is 6.58. The van der Waals surface area contributed by atoms with Crippen LogP contribution in [0.15, 0.2) is 58.4 Å². The molecule has 11 heteroatoms. The Bertz CT molecular complexity index is 1400. The zero-order valence-corrected chi connectivity index (χ0v) is 20.3. The van der Waals surface area contributed by atoms with Crippen molar-refractivity contribution in [2.45, 2.75) is 25.7 Å². The van der Waals surface area contributed by atoms with E-state index in [-0.39, 0.29) is 17.4 Å². The molecule has 3 heterocycles. The number of hydrogen-bond donors (Lipinski definition) is 1. The van der Waals surface area contributed by atoms with E-state index in [0.717, 1.165) is 11.1 Å². The third kappa shape index (κ3) is 4.78. The van der Waals surface area contributed by atoms with Crippen LogP contribution < -0.4 is 15.6 Å². The summed E-state index contributed by atoms with van der Waals surface area (Å²) in [4.78, 5) is 39.5. The number of aromatic nitrogens is 5. The van der Waals surface area contributed by atoms with Gasteiger partial charge >= 0.3 is 0 Å². The number of halogens is 1. The number of nitrogens with zero attached hydrogens (tertiary/aromatic N) is 5. The van der Waals surface area contributed by atoms with Crippen molar-refractivity contribution in [3.8, 4) is 5.75 Å². The number of aryl methyl sites for hydroxylation is 1. The Labute approximate surface area is 206 Å². The summed E-state index contributed by atoms with van der Waals surface area (Å²) in [6.45, 7) is 3.71. The molecular formula is C24H23ClN6O4. The summed E-state index contributed by atoms with van der Waals surface area (Å²) in [5.74, 6) is -0.593. The molecular weight excluding hydrogens is 472 g/mol. The average molecular weight is 495 g/mol. The molecule has 0 fully saturated rings. The maximum absolute atomic E-state index is 13.2. The van der Waals surface area contributed by atoms with Crippen LogP contribution in [0.2, 0.25) is 5.02 Å². The third-order valence-corrected chi connectivity index (χ3v) is 6.05. The Morgan fingerprint density at radius 2 is 1.91 bits per heavy atom. The number of methoxy groups -OCH3 is 1. The van der Waals surface area contributed by atoms with Gasteiger partial charge in [0.25, 0.3) is 11.5 Å². The lowest BCUT2D eigenvalue weighted by Crippen LogP contribution is -2.31. The largest absolute Gasteiger partial charge is 0.489 e. The monoisotopic (exact) mass is 494 g/mol. The summed E-state index contributed by atoms with van der Waals surface area (Å²) in [5, 5.41) is 6.72. The van der Waals surface area contributed by atoms with E-state index in [2.05, 4.69) is 25.4 Å². The van der Waals surface area contributed by atoms with Crippen LogP contribution in [0.1, 0.15) is 52.0 Å². The minimum Gasteiger partial charge on any atom is -0.489 e. The molecule has 1 N–H and O–H groups in total. The molecule has 1 aromatic carbocycles. The van der Waals surface area contributed by atoms with Crippen molar-refractivity contribution in [3.05, 3.63) is 93.0 Å². The van der Waals surface area contributed by atoms with Crippen molar-refractivity contribution in [2.24, 2.45) is 7.05 Å². The molecule has 0 aliphatic carbocycles. The van der Waals surface area contributed by atoms with Gasteiger partial charge in [-0.05, 0) is 24.1 Å². The first-order valence-electron chi connectivity index (χ1n) is 10.7. The topological polar surface area (TPSA) is 125 Å². The number of anilines is 1. The van der Waals surface area contributed by atoms with Crippen LogP contribution >= 0.6 is 11.6 Å². The molecule has 0 aliphatic heterocycles. The molecule has 0 radical (unpaired) electrons.